The zero-order chi connectivity index (χ0) is 10.5. The van der Waals surface area contributed by atoms with Crippen LogP contribution in [0.4, 0.5) is 0 Å². The van der Waals surface area contributed by atoms with Crippen molar-refractivity contribution in [3.05, 3.63) is 0 Å². The Morgan fingerprint density at radius 2 is 1.69 bits per heavy atom. The second kappa shape index (κ2) is 5.54. The maximum atomic E-state index is 10.9. The maximum absolute atomic E-state index is 10.9. The van der Waals surface area contributed by atoms with E-state index in [4.69, 9.17) is 32.7 Å². The van der Waals surface area contributed by atoms with Crippen molar-refractivity contribution >= 4 is 33.7 Å². The third kappa shape index (κ3) is 3.60. The van der Waals surface area contributed by atoms with E-state index in [9.17, 15) is 9.59 Å². The summed E-state index contributed by atoms with van der Waals surface area (Å²) < 4.78 is 9.57. The summed E-state index contributed by atoms with van der Waals surface area (Å²) in [6.45, 7) is 0. The van der Waals surface area contributed by atoms with Gasteiger partial charge in [-0.3, -0.25) is 9.59 Å². The molecule has 0 aromatic heterocycles. The van der Waals surface area contributed by atoms with E-state index in [2.05, 4.69) is 0 Å². The molecule has 0 spiro atoms. The fourth-order valence-corrected chi connectivity index (χ4v) is 1.15. The summed E-state index contributed by atoms with van der Waals surface area (Å²) in [5.74, 6) is -1.56. The zero-order valence-corrected chi connectivity index (χ0v) is 8.81. The van der Waals surface area contributed by atoms with E-state index in [0.717, 1.165) is 0 Å². The van der Waals surface area contributed by atoms with Gasteiger partial charge in [0.1, 0.15) is 0 Å². The van der Waals surface area contributed by atoms with Crippen LogP contribution in [0, 0.1) is 0 Å². The van der Waals surface area contributed by atoms with Crippen LogP contribution in [-0.4, -0.2) is 30.5 Å². The third-order valence-electron chi connectivity index (χ3n) is 1.61. The number of methoxy groups -OCH3 is 2. The van der Waals surface area contributed by atoms with Crippen LogP contribution in [-0.2, 0) is 19.1 Å². The maximum Gasteiger partial charge on any atom is 0.281 e. The lowest BCUT2D eigenvalue weighted by Crippen LogP contribution is -2.40. The molecule has 4 nitrogen and oxygen atoms in total. The van der Waals surface area contributed by atoms with E-state index in [1.807, 2.05) is 0 Å². The minimum atomic E-state index is -1.56. The van der Waals surface area contributed by atoms with Gasteiger partial charge in [0.2, 0.25) is 11.0 Å². The molecule has 6 heteroatoms. The van der Waals surface area contributed by atoms with E-state index in [0.29, 0.717) is 0 Å². The number of carbonyl (C=O) groups excluding carboxylic acids is 2. The molecule has 0 amide bonds. The first-order valence-electron chi connectivity index (χ1n) is 3.47. The first kappa shape index (κ1) is 12.8. The number of carbonyl (C=O) groups is 2. The largest absolute Gasteiger partial charge is 0.346 e. The summed E-state index contributed by atoms with van der Waals surface area (Å²) in [6, 6.07) is 0. The molecule has 0 unspecified atom stereocenters. The van der Waals surface area contributed by atoms with E-state index < -0.39 is 16.3 Å². The molecule has 0 aliphatic rings. The highest BCUT2D eigenvalue weighted by molar-refractivity contribution is 6.65. The molecule has 13 heavy (non-hydrogen) atoms. The molecular formula is C7H10Cl2O4. The Balaban J connectivity index is 4.39. The lowest BCUT2D eigenvalue weighted by atomic mass is 10.1. The highest BCUT2D eigenvalue weighted by Crippen LogP contribution is 2.22. The van der Waals surface area contributed by atoms with Crippen molar-refractivity contribution in [1.82, 2.24) is 0 Å². The third-order valence-corrected chi connectivity index (χ3v) is 2.09. The van der Waals surface area contributed by atoms with Crippen LogP contribution in [0.15, 0.2) is 0 Å². The minimum Gasteiger partial charge on any atom is -0.346 e. The molecule has 0 bridgehead atoms. The average Bonchev–Trinajstić information content (AvgIpc) is 2.06. The van der Waals surface area contributed by atoms with E-state index in [1.54, 1.807) is 0 Å². The van der Waals surface area contributed by atoms with Crippen LogP contribution in [0.25, 0.3) is 0 Å². The fourth-order valence-electron chi connectivity index (χ4n) is 0.809. The zero-order valence-electron chi connectivity index (χ0n) is 7.30. The molecule has 0 atom stereocenters. The van der Waals surface area contributed by atoms with Crippen molar-refractivity contribution in [1.29, 1.82) is 0 Å². The van der Waals surface area contributed by atoms with Crippen LogP contribution < -0.4 is 0 Å². The van der Waals surface area contributed by atoms with Crippen LogP contribution in [0.2, 0.25) is 0 Å². The molecule has 0 saturated carbocycles. The second-order valence-corrected chi connectivity index (χ2v) is 3.05. The fraction of sp³-hybridized carbons (Fsp3) is 0.714. The van der Waals surface area contributed by atoms with Gasteiger partial charge < -0.3 is 9.47 Å². The van der Waals surface area contributed by atoms with Crippen molar-refractivity contribution < 1.29 is 19.1 Å². The molecule has 0 saturated heterocycles. The van der Waals surface area contributed by atoms with Crippen molar-refractivity contribution in [2.24, 2.45) is 0 Å². The van der Waals surface area contributed by atoms with Gasteiger partial charge in [-0.05, 0) is 23.2 Å². The van der Waals surface area contributed by atoms with Crippen LogP contribution >= 0.6 is 23.2 Å². The highest BCUT2D eigenvalue weighted by Gasteiger charge is 2.37. The Labute approximate surface area is 86.1 Å². The topological polar surface area (TPSA) is 52.6 Å². The smallest absolute Gasteiger partial charge is 0.281 e. The second-order valence-electron chi connectivity index (χ2n) is 2.29. The van der Waals surface area contributed by atoms with Gasteiger partial charge in [0.25, 0.3) is 5.24 Å². The predicted molar refractivity (Wildman–Crippen MR) is 47.7 cm³/mol. The molecular weight excluding hydrogens is 219 g/mol. The Hall–Kier alpha value is -0.160. The molecule has 0 aromatic rings. The lowest BCUT2D eigenvalue weighted by Gasteiger charge is -2.25. The number of ether oxygens (including phenoxy) is 2. The van der Waals surface area contributed by atoms with Gasteiger partial charge in [-0.15, -0.1) is 0 Å². The molecule has 0 rings (SSSR count). The van der Waals surface area contributed by atoms with Gasteiger partial charge in [-0.25, -0.2) is 0 Å². The summed E-state index contributed by atoms with van der Waals surface area (Å²) in [5.41, 5.74) is 0. The van der Waals surface area contributed by atoms with Crippen molar-refractivity contribution in [2.75, 3.05) is 14.2 Å². The Bertz CT molecular complexity index is 201. The number of hydrogen-bond donors (Lipinski definition) is 0. The van der Waals surface area contributed by atoms with Crippen LogP contribution in [0.5, 0.6) is 0 Å². The number of halogens is 2. The molecule has 0 radical (unpaired) electrons. The summed E-state index contributed by atoms with van der Waals surface area (Å²) in [4.78, 5) is 21.3. The number of rotatable bonds is 6. The standard InChI is InChI=1S/C7H10Cl2O4/c1-12-7(13-2,6(9)11)4-3-5(8)10/h3-4H2,1-2H3. The molecule has 0 N–H and O–H groups in total. The molecule has 0 aliphatic heterocycles. The van der Waals surface area contributed by atoms with Crippen molar-refractivity contribution in [3.63, 3.8) is 0 Å². The first-order valence-corrected chi connectivity index (χ1v) is 4.22. The van der Waals surface area contributed by atoms with Gasteiger partial charge in [0.05, 0.1) is 0 Å². The van der Waals surface area contributed by atoms with E-state index in [-0.39, 0.29) is 12.8 Å². The van der Waals surface area contributed by atoms with Gasteiger partial charge in [-0.1, -0.05) is 0 Å². The van der Waals surface area contributed by atoms with Crippen LogP contribution in [0.1, 0.15) is 12.8 Å². The SMILES string of the molecule is COC(CCC(=O)Cl)(OC)C(=O)Cl. The van der Waals surface area contributed by atoms with E-state index in [1.165, 1.54) is 14.2 Å². The van der Waals surface area contributed by atoms with Gasteiger partial charge >= 0.3 is 0 Å². The average molecular weight is 229 g/mol. The Morgan fingerprint density at radius 3 is 1.92 bits per heavy atom. The predicted octanol–water partition coefficient (Wildman–Crippen LogP) is 1.29. The molecule has 0 aliphatic carbocycles. The summed E-state index contributed by atoms with van der Waals surface area (Å²) in [5, 5.41) is -1.38. The quantitative estimate of drug-likeness (QED) is 0.508. The van der Waals surface area contributed by atoms with Gasteiger partial charge in [0.15, 0.2) is 0 Å². The number of hydrogen-bond acceptors (Lipinski definition) is 4. The minimum absolute atomic E-state index is 0.00463. The molecule has 76 valence electrons. The summed E-state index contributed by atoms with van der Waals surface area (Å²) >= 11 is 10.3. The Kier molecular flexibility index (Phi) is 5.48. The van der Waals surface area contributed by atoms with E-state index >= 15 is 0 Å². The summed E-state index contributed by atoms with van der Waals surface area (Å²) in [6.07, 6.45) is -0.0354. The first-order chi connectivity index (χ1) is 5.98. The lowest BCUT2D eigenvalue weighted by molar-refractivity contribution is -0.202. The molecule has 0 aromatic carbocycles. The van der Waals surface area contributed by atoms with Crippen LogP contribution in [0.3, 0.4) is 0 Å². The highest BCUT2D eigenvalue weighted by atomic mass is 35.5. The molecule has 0 fully saturated rings. The van der Waals surface area contributed by atoms with Gasteiger partial charge in [-0.2, -0.15) is 0 Å². The van der Waals surface area contributed by atoms with Crippen molar-refractivity contribution in [3.8, 4) is 0 Å². The van der Waals surface area contributed by atoms with Crippen molar-refractivity contribution in [2.45, 2.75) is 18.6 Å². The summed E-state index contributed by atoms with van der Waals surface area (Å²) in [7, 11) is 2.53. The Morgan fingerprint density at radius 1 is 1.23 bits per heavy atom. The molecule has 0 heterocycles. The normalized spacial score (nSPS) is 11.4. The van der Waals surface area contributed by atoms with Gasteiger partial charge in [0, 0.05) is 27.1 Å². The monoisotopic (exact) mass is 228 g/mol.